The molecule has 1 aliphatic heterocycles. The maximum absolute atomic E-state index is 11.2. The van der Waals surface area contributed by atoms with Crippen molar-refractivity contribution in [2.45, 2.75) is 36.9 Å². The van der Waals surface area contributed by atoms with Gasteiger partial charge in [-0.1, -0.05) is 0 Å². The summed E-state index contributed by atoms with van der Waals surface area (Å²) in [6.07, 6.45) is 1.35. The Balaban J connectivity index is 2.34. The monoisotopic (exact) mass is 203 g/mol. The number of rotatable bonds is 3. The fourth-order valence-electron chi connectivity index (χ4n) is 1.42. The third kappa shape index (κ3) is 2.88. The lowest BCUT2D eigenvalue weighted by atomic mass is 10.3. The van der Waals surface area contributed by atoms with Crippen LogP contribution in [0.5, 0.6) is 0 Å². The highest BCUT2D eigenvalue weighted by Crippen LogP contribution is 2.29. The Kier molecular flexibility index (Phi) is 4.06. The van der Waals surface area contributed by atoms with Gasteiger partial charge in [0.25, 0.3) is 0 Å². The number of nitrogens with one attached hydrogen (secondary N) is 1. The summed E-state index contributed by atoms with van der Waals surface area (Å²) in [7, 11) is 1.67. The SMILES string of the molecule is CNC(=O)C(C)SC1CCOC1C. The number of hydrogen-bond donors (Lipinski definition) is 1. The zero-order chi connectivity index (χ0) is 9.84. The molecule has 3 unspecified atom stereocenters. The van der Waals surface area contributed by atoms with Gasteiger partial charge in [0.2, 0.25) is 5.91 Å². The van der Waals surface area contributed by atoms with Crippen LogP contribution >= 0.6 is 11.8 Å². The van der Waals surface area contributed by atoms with E-state index >= 15 is 0 Å². The summed E-state index contributed by atoms with van der Waals surface area (Å²) >= 11 is 1.71. The van der Waals surface area contributed by atoms with Gasteiger partial charge in [0.15, 0.2) is 0 Å². The average molecular weight is 203 g/mol. The van der Waals surface area contributed by atoms with E-state index in [2.05, 4.69) is 12.2 Å². The number of hydrogen-bond acceptors (Lipinski definition) is 3. The van der Waals surface area contributed by atoms with Crippen LogP contribution in [0.15, 0.2) is 0 Å². The number of thioether (sulfide) groups is 1. The molecule has 76 valence electrons. The highest BCUT2D eigenvalue weighted by Gasteiger charge is 2.28. The van der Waals surface area contributed by atoms with Crippen LogP contribution in [0.25, 0.3) is 0 Å². The Morgan fingerprint density at radius 2 is 2.38 bits per heavy atom. The average Bonchev–Trinajstić information content (AvgIpc) is 2.50. The van der Waals surface area contributed by atoms with Gasteiger partial charge in [-0.2, -0.15) is 0 Å². The fourth-order valence-corrected chi connectivity index (χ4v) is 2.72. The zero-order valence-electron chi connectivity index (χ0n) is 8.37. The van der Waals surface area contributed by atoms with Gasteiger partial charge < -0.3 is 10.1 Å². The van der Waals surface area contributed by atoms with Crippen molar-refractivity contribution in [1.82, 2.24) is 5.32 Å². The fraction of sp³-hybridized carbons (Fsp3) is 0.889. The third-order valence-electron chi connectivity index (χ3n) is 2.30. The Hall–Kier alpha value is -0.220. The molecule has 1 saturated heterocycles. The molecule has 0 aromatic heterocycles. The van der Waals surface area contributed by atoms with E-state index in [0.717, 1.165) is 13.0 Å². The molecular formula is C9H17NO2S. The lowest BCUT2D eigenvalue weighted by Gasteiger charge is -2.17. The minimum absolute atomic E-state index is 0.0270. The van der Waals surface area contributed by atoms with Crippen LogP contribution in [0.2, 0.25) is 0 Å². The van der Waals surface area contributed by atoms with E-state index in [-0.39, 0.29) is 17.3 Å². The van der Waals surface area contributed by atoms with E-state index in [4.69, 9.17) is 4.74 Å². The molecule has 0 aliphatic carbocycles. The molecule has 0 aromatic rings. The molecule has 1 N–H and O–H groups in total. The quantitative estimate of drug-likeness (QED) is 0.744. The van der Waals surface area contributed by atoms with E-state index in [9.17, 15) is 4.79 Å². The van der Waals surface area contributed by atoms with Crippen LogP contribution < -0.4 is 5.32 Å². The summed E-state index contributed by atoms with van der Waals surface area (Å²) in [6, 6.07) is 0. The van der Waals surface area contributed by atoms with Crippen molar-refractivity contribution in [2.24, 2.45) is 0 Å². The summed E-state index contributed by atoms with van der Waals surface area (Å²) in [5, 5.41) is 3.16. The second kappa shape index (κ2) is 4.86. The molecule has 0 spiro atoms. The molecule has 13 heavy (non-hydrogen) atoms. The predicted octanol–water partition coefficient (Wildman–Crippen LogP) is 1.03. The standard InChI is InChI=1S/C9H17NO2S/c1-6-8(4-5-12-6)13-7(2)9(11)10-3/h6-8H,4-5H2,1-3H3,(H,10,11). The van der Waals surface area contributed by atoms with Crippen LogP contribution in [0, 0.1) is 0 Å². The highest BCUT2D eigenvalue weighted by atomic mass is 32.2. The molecule has 3 nitrogen and oxygen atoms in total. The van der Waals surface area contributed by atoms with Crippen molar-refractivity contribution < 1.29 is 9.53 Å². The van der Waals surface area contributed by atoms with Crippen molar-refractivity contribution >= 4 is 17.7 Å². The van der Waals surface area contributed by atoms with E-state index in [1.54, 1.807) is 18.8 Å². The first-order valence-corrected chi connectivity index (χ1v) is 5.58. The molecule has 1 fully saturated rings. The van der Waals surface area contributed by atoms with Crippen molar-refractivity contribution in [3.8, 4) is 0 Å². The van der Waals surface area contributed by atoms with E-state index in [1.807, 2.05) is 6.92 Å². The first kappa shape index (κ1) is 10.9. The second-order valence-electron chi connectivity index (χ2n) is 3.30. The van der Waals surface area contributed by atoms with Gasteiger partial charge in [-0.25, -0.2) is 0 Å². The Labute approximate surface area is 83.6 Å². The summed E-state index contributed by atoms with van der Waals surface area (Å²) in [5.74, 6) is 0.101. The first-order chi connectivity index (χ1) is 6.15. The van der Waals surface area contributed by atoms with Gasteiger partial charge in [-0.15, -0.1) is 11.8 Å². The smallest absolute Gasteiger partial charge is 0.232 e. The van der Waals surface area contributed by atoms with E-state index < -0.39 is 0 Å². The number of amides is 1. The summed E-state index contributed by atoms with van der Waals surface area (Å²) in [5.41, 5.74) is 0. The first-order valence-electron chi connectivity index (χ1n) is 4.63. The van der Waals surface area contributed by atoms with Gasteiger partial charge >= 0.3 is 0 Å². The second-order valence-corrected chi connectivity index (χ2v) is 4.88. The van der Waals surface area contributed by atoms with Crippen molar-refractivity contribution in [1.29, 1.82) is 0 Å². The normalized spacial score (nSPS) is 30.1. The largest absolute Gasteiger partial charge is 0.377 e. The molecule has 0 aromatic carbocycles. The summed E-state index contributed by atoms with van der Waals surface area (Å²) in [6.45, 7) is 4.84. The highest BCUT2D eigenvalue weighted by molar-refractivity contribution is 8.01. The van der Waals surface area contributed by atoms with Gasteiger partial charge in [-0.05, 0) is 20.3 Å². The van der Waals surface area contributed by atoms with Crippen molar-refractivity contribution in [3.63, 3.8) is 0 Å². The zero-order valence-corrected chi connectivity index (χ0v) is 9.19. The van der Waals surface area contributed by atoms with Gasteiger partial charge in [0.1, 0.15) is 0 Å². The molecular weight excluding hydrogens is 186 g/mol. The molecule has 1 heterocycles. The number of ether oxygens (including phenoxy) is 1. The molecule has 3 atom stereocenters. The Morgan fingerprint density at radius 3 is 2.85 bits per heavy atom. The van der Waals surface area contributed by atoms with E-state index in [1.165, 1.54) is 0 Å². The van der Waals surface area contributed by atoms with Gasteiger partial charge in [-0.3, -0.25) is 4.79 Å². The van der Waals surface area contributed by atoms with E-state index in [0.29, 0.717) is 5.25 Å². The van der Waals surface area contributed by atoms with Crippen LogP contribution in [0.1, 0.15) is 20.3 Å². The minimum Gasteiger partial charge on any atom is -0.377 e. The Bertz CT molecular complexity index is 186. The maximum Gasteiger partial charge on any atom is 0.232 e. The predicted molar refractivity (Wildman–Crippen MR) is 54.9 cm³/mol. The van der Waals surface area contributed by atoms with Crippen LogP contribution in [-0.2, 0) is 9.53 Å². The Morgan fingerprint density at radius 1 is 1.69 bits per heavy atom. The lowest BCUT2D eigenvalue weighted by Crippen LogP contribution is -2.30. The summed E-state index contributed by atoms with van der Waals surface area (Å²) in [4.78, 5) is 11.2. The number of carbonyl (C=O) groups is 1. The molecule has 0 radical (unpaired) electrons. The molecule has 0 bridgehead atoms. The third-order valence-corrected chi connectivity index (χ3v) is 3.89. The van der Waals surface area contributed by atoms with Crippen LogP contribution in [0.3, 0.4) is 0 Å². The van der Waals surface area contributed by atoms with Gasteiger partial charge in [0.05, 0.1) is 11.4 Å². The molecule has 4 heteroatoms. The maximum atomic E-state index is 11.2. The summed E-state index contributed by atoms with van der Waals surface area (Å²) < 4.78 is 5.43. The molecule has 0 saturated carbocycles. The van der Waals surface area contributed by atoms with Crippen molar-refractivity contribution in [2.75, 3.05) is 13.7 Å². The number of carbonyl (C=O) groups excluding carboxylic acids is 1. The van der Waals surface area contributed by atoms with Crippen LogP contribution in [-0.4, -0.2) is 36.2 Å². The van der Waals surface area contributed by atoms with Crippen LogP contribution in [0.4, 0.5) is 0 Å². The molecule has 1 aliphatic rings. The minimum atomic E-state index is 0.0270. The van der Waals surface area contributed by atoms with Gasteiger partial charge in [0, 0.05) is 18.9 Å². The molecule has 1 amide bonds. The topological polar surface area (TPSA) is 38.3 Å². The van der Waals surface area contributed by atoms with Crippen molar-refractivity contribution in [3.05, 3.63) is 0 Å². The lowest BCUT2D eigenvalue weighted by molar-refractivity contribution is -0.119. The molecule has 1 rings (SSSR count).